The quantitative estimate of drug-likeness (QED) is 0.754. The van der Waals surface area contributed by atoms with Crippen LogP contribution >= 0.6 is 0 Å². The smallest absolute Gasteiger partial charge is 0.204 e. The summed E-state index contributed by atoms with van der Waals surface area (Å²) in [6.07, 6.45) is 1.24. The third-order valence-corrected chi connectivity index (χ3v) is 4.24. The Hall–Kier alpha value is -2.73. The molecule has 2 unspecified atom stereocenters. The van der Waals surface area contributed by atoms with Gasteiger partial charge in [0, 0.05) is 12.6 Å². The zero-order valence-corrected chi connectivity index (χ0v) is 12.5. The second-order valence-electron chi connectivity index (χ2n) is 5.69. The summed E-state index contributed by atoms with van der Waals surface area (Å²) >= 11 is 0. The van der Waals surface area contributed by atoms with Gasteiger partial charge in [0.2, 0.25) is 5.82 Å². The summed E-state index contributed by atoms with van der Waals surface area (Å²) in [4.78, 5) is 15.4. The topological polar surface area (TPSA) is 76.2 Å². The third-order valence-electron chi connectivity index (χ3n) is 4.24. The lowest BCUT2D eigenvalue weighted by Gasteiger charge is -2.18. The Labute approximate surface area is 132 Å². The molecule has 1 aromatic carbocycles. The predicted molar refractivity (Wildman–Crippen MR) is 84.9 cm³/mol. The van der Waals surface area contributed by atoms with Crippen molar-refractivity contribution in [3.63, 3.8) is 0 Å². The molecule has 4 rings (SSSR count). The molecular formula is C17H15N3O3. The number of aliphatic hydroxyl groups is 1. The van der Waals surface area contributed by atoms with Crippen molar-refractivity contribution in [2.45, 2.75) is 25.6 Å². The van der Waals surface area contributed by atoms with Crippen molar-refractivity contribution in [2.24, 2.45) is 5.18 Å². The molecule has 6 nitrogen and oxygen atoms in total. The molecule has 2 atom stereocenters. The van der Waals surface area contributed by atoms with Crippen LogP contribution in [0.2, 0.25) is 0 Å². The number of hydrogen-bond acceptors (Lipinski definition) is 5. The number of imidazole rings is 1. The highest BCUT2D eigenvalue weighted by Crippen LogP contribution is 2.37. The SMILES string of the molecule is Cc1nc2c(OC3c4ccccc4CC3O)cccn2c1N=O. The van der Waals surface area contributed by atoms with Gasteiger partial charge in [-0.1, -0.05) is 24.3 Å². The maximum absolute atomic E-state index is 11.0. The zero-order chi connectivity index (χ0) is 16.0. The Balaban J connectivity index is 1.78. The molecule has 0 radical (unpaired) electrons. The van der Waals surface area contributed by atoms with Crippen molar-refractivity contribution in [1.29, 1.82) is 0 Å². The first kappa shape index (κ1) is 13.9. The fourth-order valence-corrected chi connectivity index (χ4v) is 3.16. The summed E-state index contributed by atoms with van der Waals surface area (Å²) in [6, 6.07) is 11.4. The third kappa shape index (κ3) is 2.10. The van der Waals surface area contributed by atoms with E-state index in [1.165, 1.54) is 0 Å². The molecule has 23 heavy (non-hydrogen) atoms. The van der Waals surface area contributed by atoms with Crippen molar-refractivity contribution in [2.75, 3.05) is 0 Å². The second kappa shape index (κ2) is 5.17. The lowest BCUT2D eigenvalue weighted by molar-refractivity contribution is 0.0502. The van der Waals surface area contributed by atoms with Gasteiger partial charge in [0.1, 0.15) is 0 Å². The Morgan fingerprint density at radius 1 is 1.30 bits per heavy atom. The number of aromatic nitrogens is 2. The molecule has 0 saturated carbocycles. The van der Waals surface area contributed by atoms with Gasteiger partial charge in [0.15, 0.2) is 17.5 Å². The van der Waals surface area contributed by atoms with Crippen LogP contribution < -0.4 is 4.74 Å². The van der Waals surface area contributed by atoms with E-state index in [1.54, 1.807) is 29.7 Å². The zero-order valence-electron chi connectivity index (χ0n) is 12.5. The van der Waals surface area contributed by atoms with Crippen molar-refractivity contribution in [3.8, 4) is 5.75 Å². The Morgan fingerprint density at radius 2 is 2.13 bits per heavy atom. The highest BCUT2D eigenvalue weighted by molar-refractivity contribution is 5.61. The average molecular weight is 309 g/mol. The maximum atomic E-state index is 11.0. The number of ether oxygens (including phenoxy) is 1. The van der Waals surface area contributed by atoms with Crippen LogP contribution in [0, 0.1) is 11.8 Å². The van der Waals surface area contributed by atoms with E-state index in [0.717, 1.165) is 11.1 Å². The Kier molecular flexibility index (Phi) is 3.12. The summed E-state index contributed by atoms with van der Waals surface area (Å²) in [6.45, 7) is 1.73. The first-order chi connectivity index (χ1) is 11.2. The van der Waals surface area contributed by atoms with Gasteiger partial charge < -0.3 is 9.84 Å². The first-order valence-corrected chi connectivity index (χ1v) is 7.42. The van der Waals surface area contributed by atoms with Crippen molar-refractivity contribution in [1.82, 2.24) is 9.38 Å². The molecule has 2 heterocycles. The van der Waals surface area contributed by atoms with Crippen LogP contribution in [-0.2, 0) is 6.42 Å². The molecule has 6 heteroatoms. The summed E-state index contributed by atoms with van der Waals surface area (Å²) in [5.41, 5.74) is 3.14. The minimum absolute atomic E-state index is 0.262. The van der Waals surface area contributed by atoms with E-state index >= 15 is 0 Å². The van der Waals surface area contributed by atoms with Crippen LogP contribution in [-0.4, -0.2) is 20.6 Å². The molecule has 0 aliphatic heterocycles. The summed E-state index contributed by atoms with van der Waals surface area (Å²) in [5.74, 6) is 0.782. The maximum Gasteiger partial charge on any atom is 0.204 e. The number of nitrogens with zero attached hydrogens (tertiary/aromatic N) is 3. The predicted octanol–water partition coefficient (Wildman–Crippen LogP) is 3.08. The normalized spacial score (nSPS) is 19.7. The van der Waals surface area contributed by atoms with Gasteiger partial charge in [0.25, 0.3) is 0 Å². The number of fused-ring (bicyclic) bond motifs is 2. The molecule has 1 N–H and O–H groups in total. The van der Waals surface area contributed by atoms with Crippen LogP contribution in [0.15, 0.2) is 47.8 Å². The fraction of sp³-hybridized carbons (Fsp3) is 0.235. The monoisotopic (exact) mass is 309 g/mol. The van der Waals surface area contributed by atoms with E-state index < -0.39 is 12.2 Å². The fourth-order valence-electron chi connectivity index (χ4n) is 3.16. The molecule has 0 saturated heterocycles. The van der Waals surface area contributed by atoms with Crippen LogP contribution in [0.1, 0.15) is 22.9 Å². The van der Waals surface area contributed by atoms with Gasteiger partial charge >= 0.3 is 0 Å². The lowest BCUT2D eigenvalue weighted by atomic mass is 10.1. The molecule has 0 spiro atoms. The number of rotatable bonds is 3. The van der Waals surface area contributed by atoms with Gasteiger partial charge in [0.05, 0.1) is 11.8 Å². The molecule has 2 aromatic heterocycles. The van der Waals surface area contributed by atoms with E-state index in [4.69, 9.17) is 4.74 Å². The van der Waals surface area contributed by atoms with Crippen molar-refractivity contribution < 1.29 is 9.84 Å². The van der Waals surface area contributed by atoms with Crippen LogP contribution in [0.4, 0.5) is 5.82 Å². The van der Waals surface area contributed by atoms with Gasteiger partial charge in [-0.2, -0.15) is 0 Å². The lowest BCUT2D eigenvalue weighted by Crippen LogP contribution is -2.19. The molecule has 0 fully saturated rings. The Morgan fingerprint density at radius 3 is 2.96 bits per heavy atom. The van der Waals surface area contributed by atoms with Crippen LogP contribution in [0.5, 0.6) is 5.75 Å². The number of benzene rings is 1. The van der Waals surface area contributed by atoms with E-state index in [2.05, 4.69) is 10.2 Å². The number of aryl methyl sites for hydroxylation is 1. The Bertz CT molecular complexity index is 903. The molecule has 0 amide bonds. The molecule has 116 valence electrons. The number of pyridine rings is 1. The highest BCUT2D eigenvalue weighted by atomic mass is 16.5. The standard InChI is InChI=1S/C17H15N3O3/c1-10-16(19-22)20-8-4-7-14(17(20)18-10)23-15-12-6-3-2-5-11(12)9-13(15)21/h2-8,13,15,21H,9H2,1H3. The van der Waals surface area contributed by atoms with Crippen molar-refractivity contribution >= 4 is 11.5 Å². The van der Waals surface area contributed by atoms with Gasteiger partial charge in [-0.25, -0.2) is 4.98 Å². The first-order valence-electron chi connectivity index (χ1n) is 7.42. The molecule has 3 aromatic rings. The average Bonchev–Trinajstić information content (AvgIpc) is 3.04. The largest absolute Gasteiger partial charge is 0.479 e. The summed E-state index contributed by atoms with van der Waals surface area (Å²) in [7, 11) is 0. The van der Waals surface area contributed by atoms with Gasteiger partial charge in [-0.15, -0.1) is 4.91 Å². The van der Waals surface area contributed by atoms with Crippen LogP contribution in [0.3, 0.4) is 0 Å². The van der Waals surface area contributed by atoms with E-state index in [1.807, 2.05) is 24.3 Å². The highest BCUT2D eigenvalue weighted by Gasteiger charge is 2.33. The van der Waals surface area contributed by atoms with Crippen molar-refractivity contribution in [3.05, 3.63) is 64.3 Å². The minimum Gasteiger partial charge on any atom is -0.479 e. The van der Waals surface area contributed by atoms with Gasteiger partial charge in [-0.3, -0.25) is 4.40 Å². The van der Waals surface area contributed by atoms with Gasteiger partial charge in [-0.05, 0) is 35.4 Å². The molecule has 1 aliphatic carbocycles. The second-order valence-corrected chi connectivity index (χ2v) is 5.69. The van der Waals surface area contributed by atoms with E-state index in [0.29, 0.717) is 23.5 Å². The summed E-state index contributed by atoms with van der Waals surface area (Å²) < 4.78 is 7.67. The minimum atomic E-state index is -0.604. The van der Waals surface area contributed by atoms with E-state index in [9.17, 15) is 10.0 Å². The van der Waals surface area contributed by atoms with Crippen LogP contribution in [0.25, 0.3) is 5.65 Å². The summed E-state index contributed by atoms with van der Waals surface area (Å²) in [5, 5.41) is 13.4. The molecule has 1 aliphatic rings. The molecular weight excluding hydrogens is 294 g/mol. The molecule has 0 bridgehead atoms. The van der Waals surface area contributed by atoms with E-state index in [-0.39, 0.29) is 5.82 Å². The number of hydrogen-bond donors (Lipinski definition) is 1. The number of aliphatic hydroxyl groups excluding tert-OH is 1. The number of nitroso groups, excluding NO2 is 1.